The minimum atomic E-state index is -0.432. The summed E-state index contributed by atoms with van der Waals surface area (Å²) >= 11 is 0. The van der Waals surface area contributed by atoms with E-state index >= 15 is 0 Å². The molecule has 1 heterocycles. The lowest BCUT2D eigenvalue weighted by Crippen LogP contribution is -2.28. The summed E-state index contributed by atoms with van der Waals surface area (Å²) in [6.45, 7) is 4.00. The van der Waals surface area contributed by atoms with E-state index in [1.54, 1.807) is 0 Å². The normalized spacial score (nSPS) is 12.3. The zero-order valence-corrected chi connectivity index (χ0v) is 33.5. The summed E-state index contributed by atoms with van der Waals surface area (Å²) in [6, 6.07) is 81.3. The molecule has 0 saturated carbocycles. The molecule has 1 nitrogen and oxygen atoms in total. The van der Waals surface area contributed by atoms with E-state index in [1.165, 1.54) is 55.6 Å². The highest BCUT2D eigenvalue weighted by atomic mass is 14.7. The fraction of sp³-hybridized carbons (Fsp3) is 0.0517. The van der Waals surface area contributed by atoms with Crippen LogP contribution in [0.1, 0.15) is 36.1 Å². The predicted molar refractivity (Wildman–Crippen MR) is 249 cm³/mol. The van der Waals surface area contributed by atoms with E-state index in [9.17, 15) is 0 Å². The second kappa shape index (κ2) is 16.6. The van der Waals surface area contributed by atoms with Gasteiger partial charge in [-0.3, -0.25) is 0 Å². The number of fused-ring (bicyclic) bond motifs is 3. The monoisotopic (exact) mass is 755 g/mol. The van der Waals surface area contributed by atoms with Gasteiger partial charge < -0.3 is 0 Å². The van der Waals surface area contributed by atoms with Crippen LogP contribution in [0.5, 0.6) is 0 Å². The van der Waals surface area contributed by atoms with Crippen LogP contribution in [-0.2, 0) is 5.41 Å². The van der Waals surface area contributed by atoms with E-state index in [4.69, 9.17) is 4.98 Å². The van der Waals surface area contributed by atoms with E-state index < -0.39 is 5.41 Å². The van der Waals surface area contributed by atoms with Crippen molar-refractivity contribution >= 4 is 0 Å². The maximum absolute atomic E-state index is 5.11. The van der Waals surface area contributed by atoms with Gasteiger partial charge in [-0.25, -0.2) is 4.98 Å². The van der Waals surface area contributed by atoms with Gasteiger partial charge in [-0.05, 0) is 111 Å². The van der Waals surface area contributed by atoms with Crippen LogP contribution < -0.4 is 0 Å². The zero-order chi connectivity index (χ0) is 40.0. The van der Waals surface area contributed by atoms with Gasteiger partial charge in [-0.2, -0.15) is 0 Å². The number of hydrogen-bond donors (Lipinski definition) is 0. The smallest absolute Gasteiger partial charge is 0.0715 e. The van der Waals surface area contributed by atoms with Crippen molar-refractivity contribution < 1.29 is 0 Å². The lowest BCUT2D eigenvalue weighted by Gasteiger charge is -2.34. The van der Waals surface area contributed by atoms with Crippen molar-refractivity contribution in [3.8, 4) is 67.0 Å². The van der Waals surface area contributed by atoms with Crippen molar-refractivity contribution in [2.24, 2.45) is 0 Å². The van der Waals surface area contributed by atoms with Crippen LogP contribution in [0.3, 0.4) is 0 Å². The molecule has 0 radical (unpaired) electrons. The molecule has 1 aromatic heterocycles. The van der Waals surface area contributed by atoms with Gasteiger partial charge in [0, 0.05) is 11.1 Å². The van der Waals surface area contributed by atoms with E-state index in [2.05, 4.69) is 212 Å². The van der Waals surface area contributed by atoms with Gasteiger partial charge in [0.05, 0.1) is 16.8 Å². The average molecular weight is 756 g/mol. The summed E-state index contributed by atoms with van der Waals surface area (Å²) in [6.07, 6.45) is 4.00. The molecule has 59 heavy (non-hydrogen) atoms. The quantitative estimate of drug-likeness (QED) is 0.148. The third kappa shape index (κ3) is 7.13. The fourth-order valence-corrected chi connectivity index (χ4v) is 8.59. The molecule has 0 aliphatic heterocycles. The molecule has 0 spiro atoms. The van der Waals surface area contributed by atoms with Crippen molar-refractivity contribution in [2.75, 3.05) is 0 Å². The fourth-order valence-electron chi connectivity index (χ4n) is 8.59. The number of allylic oxidation sites excluding steroid dienone is 2. The summed E-state index contributed by atoms with van der Waals surface area (Å²) in [5.74, 6) is 0. The predicted octanol–water partition coefficient (Wildman–Crippen LogP) is 15.4. The first-order valence-electron chi connectivity index (χ1n) is 20.4. The van der Waals surface area contributed by atoms with E-state index in [-0.39, 0.29) is 0 Å². The van der Waals surface area contributed by atoms with E-state index in [0.29, 0.717) is 0 Å². The summed E-state index contributed by atoms with van der Waals surface area (Å²) in [7, 11) is 0. The molecule has 0 atom stereocenters. The number of pyridine rings is 1. The number of nitrogens with zero attached hydrogens (tertiary/aromatic N) is 1. The molecular weight excluding hydrogens is 711 g/mol. The summed E-state index contributed by atoms with van der Waals surface area (Å²) in [4.78, 5) is 5.11. The Labute approximate surface area is 348 Å². The minimum absolute atomic E-state index is 0.432. The molecule has 9 aromatic rings. The SMILES string of the molecule is C/C=C\C.c1ccc(-c2cc(-c3cccc(-c4cccc(-c5ccc6c(c5)C(c5ccccc5)(c5ccccc5)c5ccccc5-6)c4)c3)cc(-c3ccccc3)n2)cc1. The Morgan fingerprint density at radius 2 is 0.695 bits per heavy atom. The van der Waals surface area contributed by atoms with Gasteiger partial charge in [0.2, 0.25) is 0 Å². The number of benzene rings is 8. The molecule has 0 unspecified atom stereocenters. The molecule has 0 amide bonds. The summed E-state index contributed by atoms with van der Waals surface area (Å²) in [5.41, 5.74) is 18.5. The van der Waals surface area contributed by atoms with Crippen LogP contribution in [-0.4, -0.2) is 4.98 Å². The minimum Gasteiger partial charge on any atom is -0.248 e. The van der Waals surface area contributed by atoms with Gasteiger partial charge in [0.15, 0.2) is 0 Å². The molecule has 1 aliphatic rings. The molecule has 0 bridgehead atoms. The molecule has 0 N–H and O–H groups in total. The molecule has 1 heteroatoms. The Kier molecular flexibility index (Phi) is 10.5. The first-order valence-corrected chi connectivity index (χ1v) is 20.4. The van der Waals surface area contributed by atoms with Crippen LogP contribution in [0.25, 0.3) is 67.0 Å². The average Bonchev–Trinajstić information content (AvgIpc) is 3.63. The number of aromatic nitrogens is 1. The third-order valence-electron chi connectivity index (χ3n) is 11.5. The standard InChI is InChI=1S/C54H37N.C4H8/c1-5-17-38(18-6-1)52-36-45(37-53(55-52)39-19-7-2-8-20-39)43-24-16-22-41(34-43)40-21-15-23-42(33-40)44-31-32-49-48-29-13-14-30-50(48)54(51(49)35-44,46-25-9-3-10-26-46)47-27-11-4-12-28-47;1-3-4-2/h1-37H;3-4H,1-2H3/b;4-3-. The Morgan fingerprint density at radius 3 is 1.19 bits per heavy atom. The summed E-state index contributed by atoms with van der Waals surface area (Å²) in [5, 5.41) is 0. The number of rotatable bonds is 7. The van der Waals surface area contributed by atoms with Gasteiger partial charge in [0.1, 0.15) is 0 Å². The maximum Gasteiger partial charge on any atom is 0.0715 e. The second-order valence-corrected chi connectivity index (χ2v) is 15.0. The zero-order valence-electron chi connectivity index (χ0n) is 33.5. The van der Waals surface area contributed by atoms with Crippen LogP contribution in [0, 0.1) is 0 Å². The van der Waals surface area contributed by atoms with E-state index in [1.807, 2.05) is 38.1 Å². The first-order chi connectivity index (χ1) is 29.2. The third-order valence-corrected chi connectivity index (χ3v) is 11.5. The van der Waals surface area contributed by atoms with Crippen LogP contribution in [0.15, 0.2) is 237 Å². The second-order valence-electron chi connectivity index (χ2n) is 15.0. The van der Waals surface area contributed by atoms with Crippen molar-refractivity contribution in [2.45, 2.75) is 19.3 Å². The molecule has 1 aliphatic carbocycles. The molecule has 10 rings (SSSR count). The van der Waals surface area contributed by atoms with Gasteiger partial charge >= 0.3 is 0 Å². The maximum atomic E-state index is 5.11. The van der Waals surface area contributed by atoms with Crippen molar-refractivity contribution in [3.05, 3.63) is 259 Å². The Hall–Kier alpha value is -7.35. The van der Waals surface area contributed by atoms with Crippen molar-refractivity contribution in [1.29, 1.82) is 0 Å². The van der Waals surface area contributed by atoms with Crippen LogP contribution in [0.4, 0.5) is 0 Å². The first kappa shape index (κ1) is 37.2. The molecule has 8 aromatic carbocycles. The largest absolute Gasteiger partial charge is 0.248 e. The van der Waals surface area contributed by atoms with Gasteiger partial charge in [0.25, 0.3) is 0 Å². The van der Waals surface area contributed by atoms with Crippen LogP contribution >= 0.6 is 0 Å². The lowest BCUT2D eigenvalue weighted by molar-refractivity contribution is 0.769. The Balaban J connectivity index is 0.00000108. The topological polar surface area (TPSA) is 12.9 Å². The number of hydrogen-bond acceptors (Lipinski definition) is 1. The van der Waals surface area contributed by atoms with Crippen LogP contribution in [0.2, 0.25) is 0 Å². The highest BCUT2D eigenvalue weighted by molar-refractivity contribution is 5.89. The highest BCUT2D eigenvalue weighted by Gasteiger charge is 2.46. The molecule has 0 saturated heterocycles. The van der Waals surface area contributed by atoms with Gasteiger partial charge in [-0.1, -0.05) is 206 Å². The van der Waals surface area contributed by atoms with E-state index in [0.717, 1.165) is 33.6 Å². The highest BCUT2D eigenvalue weighted by Crippen LogP contribution is 2.56. The molecule has 282 valence electrons. The van der Waals surface area contributed by atoms with Crippen molar-refractivity contribution in [1.82, 2.24) is 4.98 Å². The molecule has 0 fully saturated rings. The van der Waals surface area contributed by atoms with Crippen molar-refractivity contribution in [3.63, 3.8) is 0 Å². The summed E-state index contributed by atoms with van der Waals surface area (Å²) < 4.78 is 0. The van der Waals surface area contributed by atoms with Gasteiger partial charge in [-0.15, -0.1) is 0 Å². The Morgan fingerprint density at radius 1 is 0.305 bits per heavy atom. The lowest BCUT2D eigenvalue weighted by atomic mass is 9.67. The molecular formula is C58H45N. The Bertz CT molecular complexity index is 2770.